The summed E-state index contributed by atoms with van der Waals surface area (Å²) in [5, 5.41) is 9.12. The molecule has 0 bridgehead atoms. The molecule has 0 aliphatic carbocycles. The number of sulfonamides is 1. The minimum atomic E-state index is -3.76. The number of carboxylic acids is 1. The topological polar surface area (TPSA) is 74.7 Å². The Balaban J connectivity index is 2.58. The van der Waals surface area contributed by atoms with Crippen LogP contribution < -0.4 is 0 Å². The zero-order chi connectivity index (χ0) is 16.0. The highest BCUT2D eigenvalue weighted by atomic mass is 79.9. The maximum atomic E-state index is 12.8. The number of halogens is 2. The van der Waals surface area contributed by atoms with Crippen molar-refractivity contribution in [1.82, 2.24) is 4.31 Å². The highest BCUT2D eigenvalue weighted by Crippen LogP contribution is 2.36. The Hall–Kier alpha value is -0.630. The van der Waals surface area contributed by atoms with Gasteiger partial charge in [-0.2, -0.15) is 4.31 Å². The number of hydrogen-bond acceptors (Lipinski definition) is 3. The molecule has 1 fully saturated rings. The molecule has 0 saturated carbocycles. The molecule has 21 heavy (non-hydrogen) atoms. The highest BCUT2D eigenvalue weighted by molar-refractivity contribution is 9.10. The van der Waals surface area contributed by atoms with E-state index in [2.05, 4.69) is 15.9 Å². The van der Waals surface area contributed by atoms with E-state index in [0.717, 1.165) is 18.9 Å². The SMILES string of the molecule is CC1(C)CCCN1S(=O)(=O)c1cc(Br)c(Cl)c(C(=O)O)c1. The number of benzene rings is 1. The van der Waals surface area contributed by atoms with Gasteiger partial charge in [0.15, 0.2) is 0 Å². The maximum absolute atomic E-state index is 12.8. The molecule has 1 aliphatic rings. The molecule has 1 aromatic rings. The summed E-state index contributed by atoms with van der Waals surface area (Å²) in [5.74, 6) is -1.27. The minimum absolute atomic E-state index is 0.0119. The van der Waals surface area contributed by atoms with E-state index in [4.69, 9.17) is 16.7 Å². The quantitative estimate of drug-likeness (QED) is 0.850. The van der Waals surface area contributed by atoms with Crippen LogP contribution in [-0.4, -0.2) is 35.9 Å². The molecule has 2 rings (SSSR count). The summed E-state index contributed by atoms with van der Waals surface area (Å²) in [5.41, 5.74) is -0.712. The molecular formula is C13H15BrClNO4S. The first-order chi connectivity index (χ1) is 9.57. The normalized spacial score (nSPS) is 18.9. The Morgan fingerprint density at radius 1 is 1.43 bits per heavy atom. The van der Waals surface area contributed by atoms with Gasteiger partial charge in [-0.1, -0.05) is 11.6 Å². The third-order valence-electron chi connectivity index (χ3n) is 3.65. The lowest BCUT2D eigenvalue weighted by Crippen LogP contribution is -2.42. The molecule has 0 aromatic heterocycles. The van der Waals surface area contributed by atoms with Gasteiger partial charge in [-0.25, -0.2) is 13.2 Å². The molecule has 1 heterocycles. The Kier molecular flexibility index (Phi) is 4.41. The predicted molar refractivity (Wildman–Crippen MR) is 83.3 cm³/mol. The summed E-state index contributed by atoms with van der Waals surface area (Å²) in [6.07, 6.45) is 1.56. The van der Waals surface area contributed by atoms with Gasteiger partial charge in [0.25, 0.3) is 0 Å². The first kappa shape index (κ1) is 16.7. The second-order valence-electron chi connectivity index (χ2n) is 5.56. The second kappa shape index (κ2) is 5.53. The molecule has 8 heteroatoms. The van der Waals surface area contributed by atoms with Crippen molar-refractivity contribution in [2.45, 2.75) is 37.1 Å². The van der Waals surface area contributed by atoms with Crippen molar-refractivity contribution in [1.29, 1.82) is 0 Å². The molecule has 0 unspecified atom stereocenters. The Morgan fingerprint density at radius 3 is 2.52 bits per heavy atom. The lowest BCUT2D eigenvalue weighted by atomic mass is 10.0. The first-order valence-electron chi connectivity index (χ1n) is 6.32. The van der Waals surface area contributed by atoms with E-state index in [1.54, 1.807) is 0 Å². The molecule has 0 amide bonds. The number of carboxylic acid groups (broad SMARTS) is 1. The van der Waals surface area contributed by atoms with Crippen LogP contribution >= 0.6 is 27.5 Å². The standard InChI is InChI=1S/C13H15BrClNO4S/c1-13(2)4-3-5-16(13)21(19,20)8-6-9(12(17)18)11(15)10(14)7-8/h6-7H,3-5H2,1-2H3,(H,17,18). The highest BCUT2D eigenvalue weighted by Gasteiger charge is 2.41. The zero-order valence-corrected chi connectivity index (χ0v) is 14.7. The fourth-order valence-electron chi connectivity index (χ4n) is 2.52. The minimum Gasteiger partial charge on any atom is -0.478 e. The van der Waals surface area contributed by atoms with Gasteiger partial charge in [0, 0.05) is 16.6 Å². The lowest BCUT2D eigenvalue weighted by Gasteiger charge is -2.30. The molecule has 1 aromatic carbocycles. The fourth-order valence-corrected chi connectivity index (χ4v) is 5.23. The molecule has 116 valence electrons. The van der Waals surface area contributed by atoms with E-state index in [1.165, 1.54) is 10.4 Å². The third-order valence-corrected chi connectivity index (χ3v) is 6.99. The third kappa shape index (κ3) is 2.97. The van der Waals surface area contributed by atoms with E-state index in [1.807, 2.05) is 13.8 Å². The summed E-state index contributed by atoms with van der Waals surface area (Å²) in [4.78, 5) is 11.1. The van der Waals surface area contributed by atoms with Crippen molar-refractivity contribution in [3.05, 3.63) is 27.2 Å². The van der Waals surface area contributed by atoms with Crippen molar-refractivity contribution in [2.24, 2.45) is 0 Å². The summed E-state index contributed by atoms with van der Waals surface area (Å²) in [6, 6.07) is 2.46. The maximum Gasteiger partial charge on any atom is 0.337 e. The largest absolute Gasteiger partial charge is 0.478 e. The van der Waals surface area contributed by atoms with E-state index >= 15 is 0 Å². The molecule has 1 N–H and O–H groups in total. The zero-order valence-electron chi connectivity index (χ0n) is 11.6. The van der Waals surface area contributed by atoms with Crippen LogP contribution in [0.5, 0.6) is 0 Å². The van der Waals surface area contributed by atoms with Crippen LogP contribution in [0.15, 0.2) is 21.5 Å². The van der Waals surface area contributed by atoms with E-state index in [-0.39, 0.29) is 20.0 Å². The van der Waals surface area contributed by atoms with Gasteiger partial charge < -0.3 is 5.11 Å². The summed E-state index contributed by atoms with van der Waals surface area (Å²) < 4.78 is 27.2. The van der Waals surface area contributed by atoms with Crippen LogP contribution in [0.2, 0.25) is 5.02 Å². The molecule has 0 radical (unpaired) electrons. The van der Waals surface area contributed by atoms with Gasteiger partial charge >= 0.3 is 5.97 Å². The van der Waals surface area contributed by atoms with Crippen molar-refractivity contribution >= 4 is 43.5 Å². The Labute approximate surface area is 137 Å². The average Bonchev–Trinajstić information content (AvgIpc) is 2.72. The number of rotatable bonds is 3. The van der Waals surface area contributed by atoms with Crippen LogP contribution in [-0.2, 0) is 10.0 Å². The number of carbonyl (C=O) groups is 1. The van der Waals surface area contributed by atoms with Crippen molar-refractivity contribution in [3.8, 4) is 0 Å². The van der Waals surface area contributed by atoms with Crippen LogP contribution in [0.25, 0.3) is 0 Å². The predicted octanol–water partition coefficient (Wildman–Crippen LogP) is 3.36. The summed E-state index contributed by atoms with van der Waals surface area (Å²) in [6.45, 7) is 4.15. The van der Waals surface area contributed by atoms with Crippen molar-refractivity contribution in [2.75, 3.05) is 6.54 Å². The summed E-state index contributed by atoms with van der Waals surface area (Å²) in [7, 11) is -3.76. The van der Waals surface area contributed by atoms with Crippen molar-refractivity contribution in [3.63, 3.8) is 0 Å². The first-order valence-corrected chi connectivity index (χ1v) is 8.93. The Bertz CT molecular complexity index is 702. The number of hydrogen-bond donors (Lipinski definition) is 1. The van der Waals surface area contributed by atoms with Gasteiger partial charge in [0.1, 0.15) is 0 Å². The molecule has 0 spiro atoms. The molecular weight excluding hydrogens is 382 g/mol. The van der Waals surface area contributed by atoms with E-state index in [9.17, 15) is 13.2 Å². The average molecular weight is 397 g/mol. The lowest BCUT2D eigenvalue weighted by molar-refractivity contribution is 0.0696. The number of aromatic carboxylic acids is 1. The van der Waals surface area contributed by atoms with Gasteiger partial charge in [-0.05, 0) is 54.8 Å². The molecule has 1 aliphatic heterocycles. The van der Waals surface area contributed by atoms with Gasteiger partial charge in [-0.15, -0.1) is 0 Å². The molecule has 1 saturated heterocycles. The van der Waals surface area contributed by atoms with E-state index < -0.39 is 21.5 Å². The van der Waals surface area contributed by atoms with Crippen LogP contribution in [0.3, 0.4) is 0 Å². The van der Waals surface area contributed by atoms with Crippen molar-refractivity contribution < 1.29 is 18.3 Å². The smallest absolute Gasteiger partial charge is 0.337 e. The van der Waals surface area contributed by atoms with Gasteiger partial charge in [-0.3, -0.25) is 0 Å². The van der Waals surface area contributed by atoms with Crippen LogP contribution in [0.4, 0.5) is 0 Å². The Morgan fingerprint density at radius 2 is 2.05 bits per heavy atom. The molecule has 5 nitrogen and oxygen atoms in total. The monoisotopic (exact) mass is 395 g/mol. The van der Waals surface area contributed by atoms with E-state index in [0.29, 0.717) is 6.54 Å². The summed E-state index contributed by atoms with van der Waals surface area (Å²) >= 11 is 9.01. The van der Waals surface area contributed by atoms with Gasteiger partial charge in [0.05, 0.1) is 15.5 Å². The van der Waals surface area contributed by atoms with Gasteiger partial charge in [0.2, 0.25) is 10.0 Å². The number of nitrogens with zero attached hydrogens (tertiary/aromatic N) is 1. The second-order valence-corrected chi connectivity index (χ2v) is 8.66. The van der Waals surface area contributed by atoms with Crippen LogP contribution in [0.1, 0.15) is 37.0 Å². The van der Waals surface area contributed by atoms with Crippen LogP contribution in [0, 0.1) is 0 Å². The molecule has 0 atom stereocenters. The fraction of sp³-hybridized carbons (Fsp3) is 0.462.